The minimum Gasteiger partial charge on any atom is -0.329 e. The third kappa shape index (κ3) is 4.63. The van der Waals surface area contributed by atoms with Gasteiger partial charge in [0.2, 0.25) is 0 Å². The van der Waals surface area contributed by atoms with Crippen molar-refractivity contribution in [2.24, 2.45) is 11.7 Å². The number of hydrogen-bond donors (Lipinski definition) is 1. The SMILES string of the molecule is CC(C)C(CN)N(C)Cc1ccc(C(C)(C)C)cc1. The van der Waals surface area contributed by atoms with Crippen LogP contribution in [0.25, 0.3) is 0 Å². The maximum atomic E-state index is 5.87. The fraction of sp³-hybridized carbons (Fsp3) is 0.647. The summed E-state index contributed by atoms with van der Waals surface area (Å²) in [5.74, 6) is 0.587. The maximum absolute atomic E-state index is 5.87. The zero-order valence-corrected chi connectivity index (χ0v) is 13.4. The van der Waals surface area contributed by atoms with Crippen LogP contribution in [0.15, 0.2) is 24.3 Å². The van der Waals surface area contributed by atoms with Crippen molar-refractivity contribution in [1.82, 2.24) is 4.90 Å². The Labute approximate surface area is 119 Å². The molecular formula is C17H30N2. The van der Waals surface area contributed by atoms with E-state index in [0.717, 1.165) is 6.54 Å². The standard InChI is InChI=1S/C17H30N2/c1-13(2)16(11-18)19(6)12-14-7-9-15(10-8-14)17(3,4)5/h7-10,13,16H,11-12,18H2,1-6H3. The molecule has 0 aliphatic heterocycles. The summed E-state index contributed by atoms with van der Waals surface area (Å²) in [7, 11) is 2.16. The Morgan fingerprint density at radius 2 is 1.63 bits per heavy atom. The first kappa shape index (κ1) is 16.2. The van der Waals surface area contributed by atoms with Crippen LogP contribution in [0.1, 0.15) is 45.7 Å². The van der Waals surface area contributed by atoms with E-state index >= 15 is 0 Å². The van der Waals surface area contributed by atoms with Crippen LogP contribution in [0.3, 0.4) is 0 Å². The van der Waals surface area contributed by atoms with Gasteiger partial charge in [0, 0.05) is 19.1 Å². The molecule has 0 fully saturated rings. The summed E-state index contributed by atoms with van der Waals surface area (Å²) >= 11 is 0. The van der Waals surface area contributed by atoms with E-state index < -0.39 is 0 Å². The fourth-order valence-electron chi connectivity index (χ4n) is 2.48. The van der Waals surface area contributed by atoms with Crippen LogP contribution in [0.5, 0.6) is 0 Å². The zero-order chi connectivity index (χ0) is 14.6. The summed E-state index contributed by atoms with van der Waals surface area (Å²) in [4.78, 5) is 2.36. The van der Waals surface area contributed by atoms with Gasteiger partial charge in [-0.2, -0.15) is 0 Å². The van der Waals surface area contributed by atoms with Gasteiger partial charge in [0.15, 0.2) is 0 Å². The average Bonchev–Trinajstić information content (AvgIpc) is 2.28. The molecule has 0 saturated heterocycles. The van der Waals surface area contributed by atoms with E-state index in [0.29, 0.717) is 18.5 Å². The molecule has 1 atom stereocenters. The fourth-order valence-corrected chi connectivity index (χ4v) is 2.48. The molecule has 0 spiro atoms. The molecule has 0 heterocycles. The predicted molar refractivity (Wildman–Crippen MR) is 84.3 cm³/mol. The third-order valence-electron chi connectivity index (χ3n) is 3.83. The third-order valence-corrected chi connectivity index (χ3v) is 3.83. The molecule has 0 amide bonds. The Morgan fingerprint density at radius 3 is 2.00 bits per heavy atom. The van der Waals surface area contributed by atoms with E-state index in [1.165, 1.54) is 11.1 Å². The monoisotopic (exact) mass is 262 g/mol. The molecule has 19 heavy (non-hydrogen) atoms. The number of rotatable bonds is 5. The molecule has 0 aliphatic carbocycles. The van der Waals surface area contributed by atoms with E-state index in [2.05, 4.69) is 70.8 Å². The number of benzene rings is 1. The van der Waals surface area contributed by atoms with Crippen molar-refractivity contribution in [3.8, 4) is 0 Å². The second-order valence-electron chi connectivity index (χ2n) is 6.91. The lowest BCUT2D eigenvalue weighted by Crippen LogP contribution is -2.41. The Hall–Kier alpha value is -0.860. The van der Waals surface area contributed by atoms with Crippen molar-refractivity contribution in [2.45, 2.75) is 52.6 Å². The summed E-state index contributed by atoms with van der Waals surface area (Å²) in [6.07, 6.45) is 0. The van der Waals surface area contributed by atoms with Gasteiger partial charge in [-0.3, -0.25) is 4.90 Å². The molecule has 108 valence electrons. The molecule has 0 saturated carbocycles. The lowest BCUT2D eigenvalue weighted by atomic mass is 9.86. The summed E-state index contributed by atoms with van der Waals surface area (Å²) < 4.78 is 0. The minimum absolute atomic E-state index is 0.224. The molecule has 2 nitrogen and oxygen atoms in total. The Morgan fingerprint density at radius 1 is 1.11 bits per heavy atom. The summed E-state index contributed by atoms with van der Waals surface area (Å²) in [6, 6.07) is 9.42. The largest absolute Gasteiger partial charge is 0.329 e. The van der Waals surface area contributed by atoms with Gasteiger partial charge in [-0.15, -0.1) is 0 Å². The molecule has 2 N–H and O–H groups in total. The first-order chi connectivity index (χ1) is 8.75. The van der Waals surface area contributed by atoms with Gasteiger partial charge >= 0.3 is 0 Å². The second-order valence-corrected chi connectivity index (χ2v) is 6.91. The predicted octanol–water partition coefficient (Wildman–Crippen LogP) is 3.40. The molecule has 1 unspecified atom stereocenters. The van der Waals surface area contributed by atoms with E-state index in [9.17, 15) is 0 Å². The Balaban J connectivity index is 2.73. The van der Waals surface area contributed by atoms with Crippen molar-refractivity contribution in [3.63, 3.8) is 0 Å². The summed E-state index contributed by atoms with van der Waals surface area (Å²) in [5, 5.41) is 0. The van der Waals surface area contributed by atoms with Crippen LogP contribution >= 0.6 is 0 Å². The van der Waals surface area contributed by atoms with Crippen molar-refractivity contribution < 1.29 is 0 Å². The summed E-state index contributed by atoms with van der Waals surface area (Å²) in [5.41, 5.74) is 8.84. The highest BCUT2D eigenvalue weighted by molar-refractivity contribution is 5.27. The molecular weight excluding hydrogens is 232 g/mol. The highest BCUT2D eigenvalue weighted by Gasteiger charge is 2.17. The van der Waals surface area contributed by atoms with E-state index in [1.807, 2.05) is 0 Å². The molecule has 0 aliphatic rings. The van der Waals surface area contributed by atoms with Gasteiger partial charge in [0.05, 0.1) is 0 Å². The van der Waals surface area contributed by atoms with E-state index in [1.54, 1.807) is 0 Å². The van der Waals surface area contributed by atoms with Crippen LogP contribution in [-0.2, 0) is 12.0 Å². The highest BCUT2D eigenvalue weighted by Crippen LogP contribution is 2.22. The van der Waals surface area contributed by atoms with Gasteiger partial charge < -0.3 is 5.73 Å². The van der Waals surface area contributed by atoms with E-state index in [4.69, 9.17) is 5.73 Å². The first-order valence-corrected chi connectivity index (χ1v) is 7.25. The van der Waals surface area contributed by atoms with Gasteiger partial charge in [-0.1, -0.05) is 58.9 Å². The van der Waals surface area contributed by atoms with Gasteiger partial charge in [0.25, 0.3) is 0 Å². The number of nitrogens with zero attached hydrogens (tertiary/aromatic N) is 1. The number of hydrogen-bond acceptors (Lipinski definition) is 2. The number of likely N-dealkylation sites (N-methyl/N-ethyl adjacent to an activating group) is 1. The molecule has 1 aromatic carbocycles. The van der Waals surface area contributed by atoms with Crippen molar-refractivity contribution in [2.75, 3.05) is 13.6 Å². The lowest BCUT2D eigenvalue weighted by Gasteiger charge is -2.30. The van der Waals surface area contributed by atoms with Crippen LogP contribution in [0, 0.1) is 5.92 Å². The van der Waals surface area contributed by atoms with Crippen LogP contribution in [-0.4, -0.2) is 24.5 Å². The normalized spacial score (nSPS) is 14.2. The number of nitrogens with two attached hydrogens (primary N) is 1. The second kappa shape index (κ2) is 6.53. The van der Waals surface area contributed by atoms with E-state index in [-0.39, 0.29) is 5.41 Å². The van der Waals surface area contributed by atoms with Crippen molar-refractivity contribution in [1.29, 1.82) is 0 Å². The first-order valence-electron chi connectivity index (χ1n) is 7.25. The molecule has 1 rings (SSSR count). The molecule has 0 bridgehead atoms. The van der Waals surface area contributed by atoms with Gasteiger partial charge in [-0.25, -0.2) is 0 Å². The average molecular weight is 262 g/mol. The molecule has 2 heteroatoms. The summed E-state index contributed by atoms with van der Waals surface area (Å²) in [6.45, 7) is 12.9. The van der Waals surface area contributed by atoms with Crippen LogP contribution in [0.2, 0.25) is 0 Å². The van der Waals surface area contributed by atoms with Crippen molar-refractivity contribution >= 4 is 0 Å². The minimum atomic E-state index is 0.224. The maximum Gasteiger partial charge on any atom is 0.0241 e. The van der Waals surface area contributed by atoms with Crippen LogP contribution < -0.4 is 5.73 Å². The van der Waals surface area contributed by atoms with Gasteiger partial charge in [0.1, 0.15) is 0 Å². The zero-order valence-electron chi connectivity index (χ0n) is 13.4. The highest BCUT2D eigenvalue weighted by atomic mass is 15.1. The van der Waals surface area contributed by atoms with Crippen molar-refractivity contribution in [3.05, 3.63) is 35.4 Å². The van der Waals surface area contributed by atoms with Gasteiger partial charge in [-0.05, 0) is 29.5 Å². The smallest absolute Gasteiger partial charge is 0.0241 e. The Bertz CT molecular complexity index is 373. The molecule has 0 radical (unpaired) electrons. The topological polar surface area (TPSA) is 29.3 Å². The van der Waals surface area contributed by atoms with Crippen LogP contribution in [0.4, 0.5) is 0 Å². The molecule has 1 aromatic rings. The molecule has 0 aromatic heterocycles. The lowest BCUT2D eigenvalue weighted by molar-refractivity contribution is 0.190. The quantitative estimate of drug-likeness (QED) is 0.881. The Kier molecular flexibility index (Phi) is 5.57.